The van der Waals surface area contributed by atoms with Crippen molar-refractivity contribution in [1.82, 2.24) is 0 Å². The number of rotatable bonds is 2. The first-order chi connectivity index (χ1) is 9.45. The highest BCUT2D eigenvalue weighted by molar-refractivity contribution is 7.80. The molecule has 0 fully saturated rings. The maximum atomic E-state index is 13.0. The van der Waals surface area contributed by atoms with Gasteiger partial charge < -0.3 is 10.6 Å². The van der Waals surface area contributed by atoms with Gasteiger partial charge in [0.2, 0.25) is 0 Å². The van der Waals surface area contributed by atoms with Crippen LogP contribution in [0.4, 0.5) is 15.8 Å². The molecule has 0 amide bonds. The van der Waals surface area contributed by atoms with Crippen LogP contribution in [0.15, 0.2) is 36.4 Å². The second-order valence-electron chi connectivity index (χ2n) is 4.16. The quantitative estimate of drug-likeness (QED) is 0.736. The number of hydrogen-bond donors (Lipinski definition) is 2. The van der Waals surface area contributed by atoms with Gasteiger partial charge in [-0.2, -0.15) is 0 Å². The molecule has 2 aromatic carbocycles. The van der Waals surface area contributed by atoms with Crippen LogP contribution in [0.3, 0.4) is 0 Å². The lowest BCUT2D eigenvalue weighted by molar-refractivity contribution is 0.627. The van der Waals surface area contributed by atoms with E-state index in [-0.39, 0.29) is 5.82 Å². The molecule has 0 atom stereocenters. The molecule has 0 aromatic heterocycles. The summed E-state index contributed by atoms with van der Waals surface area (Å²) in [7, 11) is 0. The summed E-state index contributed by atoms with van der Waals surface area (Å²) in [4.78, 5) is 0. The highest BCUT2D eigenvalue weighted by Gasteiger charge is 2.06. The number of thiocarbonyl (C=S) groups is 1. The Kier molecular flexibility index (Phi) is 4.81. The summed E-state index contributed by atoms with van der Waals surface area (Å²) >= 11 is 17.1. The minimum atomic E-state index is -0.287. The molecule has 0 heterocycles. The van der Waals surface area contributed by atoms with E-state index in [0.29, 0.717) is 20.8 Å². The van der Waals surface area contributed by atoms with E-state index in [1.807, 2.05) is 0 Å². The molecule has 0 unspecified atom stereocenters. The third-order valence-corrected chi connectivity index (χ3v) is 3.38. The summed E-state index contributed by atoms with van der Waals surface area (Å²) in [6.07, 6.45) is 0. The molecule has 2 rings (SSSR count). The SMILES string of the molecule is Cc1cc(F)ccc1NC(=S)Nc1cc(Cl)ccc1Cl. The van der Waals surface area contributed by atoms with Crippen molar-refractivity contribution in [1.29, 1.82) is 0 Å². The van der Waals surface area contributed by atoms with Crippen LogP contribution >= 0.6 is 35.4 Å². The molecule has 2 nitrogen and oxygen atoms in total. The number of anilines is 2. The summed E-state index contributed by atoms with van der Waals surface area (Å²) < 4.78 is 13.0. The standard InChI is InChI=1S/C14H11Cl2FN2S/c1-8-6-10(17)3-5-12(8)18-14(20)19-13-7-9(15)2-4-11(13)16/h2-7H,1H3,(H2,18,19,20). The smallest absolute Gasteiger partial charge is 0.175 e. The Balaban J connectivity index is 2.11. The summed E-state index contributed by atoms with van der Waals surface area (Å²) in [5, 5.41) is 7.35. The zero-order valence-electron chi connectivity index (χ0n) is 10.5. The molecule has 20 heavy (non-hydrogen) atoms. The van der Waals surface area contributed by atoms with Crippen LogP contribution in [-0.4, -0.2) is 5.11 Å². The van der Waals surface area contributed by atoms with E-state index in [9.17, 15) is 4.39 Å². The van der Waals surface area contributed by atoms with Crippen molar-refractivity contribution >= 4 is 51.9 Å². The van der Waals surface area contributed by atoms with Crippen molar-refractivity contribution in [3.05, 3.63) is 57.8 Å². The third kappa shape index (κ3) is 3.82. The number of benzene rings is 2. The predicted molar refractivity (Wildman–Crippen MR) is 87.4 cm³/mol. The Morgan fingerprint density at radius 1 is 1.05 bits per heavy atom. The molecule has 0 spiro atoms. The van der Waals surface area contributed by atoms with Gasteiger partial charge in [-0.3, -0.25) is 0 Å². The first-order valence-electron chi connectivity index (χ1n) is 5.75. The molecule has 0 saturated heterocycles. The monoisotopic (exact) mass is 328 g/mol. The van der Waals surface area contributed by atoms with Crippen molar-refractivity contribution in [3.63, 3.8) is 0 Å². The fourth-order valence-corrected chi connectivity index (χ4v) is 2.19. The van der Waals surface area contributed by atoms with Crippen LogP contribution in [0.1, 0.15) is 5.56 Å². The Hall–Kier alpha value is -1.36. The molecule has 0 saturated carbocycles. The number of nitrogens with one attached hydrogen (secondary N) is 2. The Morgan fingerprint density at radius 3 is 2.45 bits per heavy atom. The van der Waals surface area contributed by atoms with Crippen LogP contribution in [-0.2, 0) is 0 Å². The Bertz CT molecular complexity index is 662. The van der Waals surface area contributed by atoms with E-state index in [0.717, 1.165) is 11.3 Å². The largest absolute Gasteiger partial charge is 0.332 e. The van der Waals surface area contributed by atoms with E-state index in [2.05, 4.69) is 10.6 Å². The van der Waals surface area contributed by atoms with Gasteiger partial charge in [0.05, 0.1) is 10.7 Å². The Labute approximate surface area is 131 Å². The molecule has 104 valence electrons. The molecule has 0 aliphatic rings. The van der Waals surface area contributed by atoms with Crippen LogP contribution < -0.4 is 10.6 Å². The first-order valence-corrected chi connectivity index (χ1v) is 6.91. The first kappa shape index (κ1) is 15.0. The fourth-order valence-electron chi connectivity index (χ4n) is 1.64. The van der Waals surface area contributed by atoms with Gasteiger partial charge in [0.1, 0.15) is 5.82 Å². The second kappa shape index (κ2) is 6.39. The van der Waals surface area contributed by atoms with Crippen LogP contribution in [0.5, 0.6) is 0 Å². The average molecular weight is 329 g/mol. The topological polar surface area (TPSA) is 24.1 Å². The number of hydrogen-bond acceptors (Lipinski definition) is 1. The minimum absolute atomic E-state index is 0.287. The summed E-state index contributed by atoms with van der Waals surface area (Å²) in [5.41, 5.74) is 2.09. The van der Waals surface area contributed by atoms with Gasteiger partial charge in [-0.25, -0.2) is 4.39 Å². The van der Waals surface area contributed by atoms with Gasteiger partial charge in [-0.1, -0.05) is 23.2 Å². The zero-order valence-corrected chi connectivity index (χ0v) is 12.8. The minimum Gasteiger partial charge on any atom is -0.332 e. The lowest BCUT2D eigenvalue weighted by Gasteiger charge is -2.13. The van der Waals surface area contributed by atoms with Gasteiger partial charge in [-0.05, 0) is 61.1 Å². The third-order valence-electron chi connectivity index (χ3n) is 2.61. The zero-order chi connectivity index (χ0) is 14.7. The van der Waals surface area contributed by atoms with Gasteiger partial charge in [0, 0.05) is 10.7 Å². The molecule has 2 N–H and O–H groups in total. The highest BCUT2D eigenvalue weighted by atomic mass is 35.5. The molecule has 0 aliphatic carbocycles. The van der Waals surface area contributed by atoms with E-state index in [1.54, 1.807) is 31.2 Å². The molecular formula is C14H11Cl2FN2S. The Morgan fingerprint density at radius 2 is 1.75 bits per heavy atom. The normalized spacial score (nSPS) is 10.2. The van der Waals surface area contributed by atoms with E-state index in [4.69, 9.17) is 35.4 Å². The van der Waals surface area contributed by atoms with Crippen molar-refractivity contribution in [2.75, 3.05) is 10.6 Å². The van der Waals surface area contributed by atoms with Gasteiger partial charge >= 0.3 is 0 Å². The predicted octanol–water partition coefficient (Wildman–Crippen LogP) is 5.25. The molecule has 0 radical (unpaired) electrons. The average Bonchev–Trinajstić information content (AvgIpc) is 2.37. The summed E-state index contributed by atoms with van der Waals surface area (Å²) in [5.74, 6) is -0.287. The van der Waals surface area contributed by atoms with Gasteiger partial charge in [0.25, 0.3) is 0 Å². The lowest BCUT2D eigenvalue weighted by atomic mass is 10.2. The summed E-state index contributed by atoms with van der Waals surface area (Å²) in [6.45, 7) is 1.79. The number of aryl methyl sites for hydroxylation is 1. The summed E-state index contributed by atoms with van der Waals surface area (Å²) in [6, 6.07) is 9.46. The fraction of sp³-hybridized carbons (Fsp3) is 0.0714. The van der Waals surface area contributed by atoms with E-state index < -0.39 is 0 Å². The van der Waals surface area contributed by atoms with Gasteiger partial charge in [0.15, 0.2) is 5.11 Å². The van der Waals surface area contributed by atoms with Crippen molar-refractivity contribution in [3.8, 4) is 0 Å². The second-order valence-corrected chi connectivity index (χ2v) is 5.41. The molecule has 2 aromatic rings. The highest BCUT2D eigenvalue weighted by Crippen LogP contribution is 2.25. The number of halogens is 3. The van der Waals surface area contributed by atoms with Crippen LogP contribution in [0.25, 0.3) is 0 Å². The molecule has 6 heteroatoms. The lowest BCUT2D eigenvalue weighted by Crippen LogP contribution is -2.19. The van der Waals surface area contributed by atoms with Crippen LogP contribution in [0.2, 0.25) is 10.0 Å². The van der Waals surface area contributed by atoms with E-state index >= 15 is 0 Å². The maximum Gasteiger partial charge on any atom is 0.175 e. The van der Waals surface area contributed by atoms with Crippen molar-refractivity contribution in [2.24, 2.45) is 0 Å². The van der Waals surface area contributed by atoms with Crippen molar-refractivity contribution in [2.45, 2.75) is 6.92 Å². The molecular weight excluding hydrogens is 318 g/mol. The van der Waals surface area contributed by atoms with Gasteiger partial charge in [-0.15, -0.1) is 0 Å². The maximum absolute atomic E-state index is 13.0. The van der Waals surface area contributed by atoms with Crippen LogP contribution in [0, 0.1) is 12.7 Å². The van der Waals surface area contributed by atoms with Crippen molar-refractivity contribution < 1.29 is 4.39 Å². The van der Waals surface area contributed by atoms with E-state index in [1.165, 1.54) is 12.1 Å². The molecule has 0 aliphatic heterocycles. The molecule has 0 bridgehead atoms.